The van der Waals surface area contributed by atoms with Crippen LogP contribution in [-0.2, 0) is 15.7 Å². The molecule has 1 saturated heterocycles. The lowest BCUT2D eigenvalue weighted by atomic mass is 9.96. The summed E-state index contributed by atoms with van der Waals surface area (Å²) in [5.74, 6) is -3.11. The monoisotopic (exact) mass is 628 g/mol. The van der Waals surface area contributed by atoms with Crippen molar-refractivity contribution < 1.29 is 49.4 Å². The third kappa shape index (κ3) is 6.50. The normalized spacial score (nSPS) is 17.2. The van der Waals surface area contributed by atoms with Gasteiger partial charge < -0.3 is 24.2 Å². The van der Waals surface area contributed by atoms with E-state index in [2.05, 4.69) is 9.73 Å². The minimum absolute atomic E-state index is 0.106. The first-order valence-corrected chi connectivity index (χ1v) is 13.2. The molecular weight excluding hydrogens is 604 g/mol. The van der Waals surface area contributed by atoms with Crippen molar-refractivity contribution in [1.29, 1.82) is 0 Å². The second-order valence-electron chi connectivity index (χ2n) is 9.94. The minimum Gasteiger partial charge on any atom is -0.469 e. The number of halogens is 8. The molecule has 7 nitrogen and oxygen atoms in total. The molecule has 0 radical (unpaired) electrons. The number of rotatable bonds is 5. The highest BCUT2D eigenvalue weighted by Crippen LogP contribution is 2.44. The van der Waals surface area contributed by atoms with Crippen LogP contribution in [0.2, 0.25) is 0 Å². The van der Waals surface area contributed by atoms with E-state index in [1.807, 2.05) is 0 Å². The number of hydrogen-bond donors (Lipinski definition) is 0. The number of piperazine rings is 1. The molecule has 1 fully saturated rings. The van der Waals surface area contributed by atoms with Crippen LogP contribution in [0.25, 0.3) is 0 Å². The van der Waals surface area contributed by atoms with Gasteiger partial charge in [-0.3, -0.25) is 4.79 Å². The van der Waals surface area contributed by atoms with Gasteiger partial charge in [0.25, 0.3) is 0 Å². The molecule has 2 aliphatic heterocycles. The van der Waals surface area contributed by atoms with Crippen molar-refractivity contribution in [1.82, 2.24) is 4.90 Å². The molecule has 3 aromatic carbocycles. The summed E-state index contributed by atoms with van der Waals surface area (Å²) in [6, 6.07) is 9.88. The predicted molar refractivity (Wildman–Crippen MR) is 144 cm³/mol. The Morgan fingerprint density at radius 2 is 1.57 bits per heavy atom. The first-order valence-electron chi connectivity index (χ1n) is 13.2. The standard InChI is InChI=1S/C29H24F8N4O3/c1-43-25(42)16-23-20-6-3-7-22(31)26(20)38-27(41(23)24-14-17(28(32,33)34)8-9-21(24)30)40-12-10-39(11-13-40)18-4-2-5-19(15-18)44-29(35,36)37/h2-9,14-15,23H,10-13,16H2,1H3. The van der Waals surface area contributed by atoms with E-state index in [1.54, 1.807) is 15.9 Å². The Morgan fingerprint density at radius 3 is 2.23 bits per heavy atom. The van der Waals surface area contributed by atoms with Gasteiger partial charge in [-0.2, -0.15) is 13.2 Å². The second-order valence-corrected chi connectivity index (χ2v) is 9.94. The Hall–Kier alpha value is -4.56. The molecule has 3 aromatic rings. The van der Waals surface area contributed by atoms with Crippen LogP contribution in [-0.4, -0.2) is 56.5 Å². The van der Waals surface area contributed by atoms with E-state index >= 15 is 8.78 Å². The number of carbonyl (C=O) groups is 1. The van der Waals surface area contributed by atoms with Crippen molar-refractivity contribution >= 4 is 29.0 Å². The summed E-state index contributed by atoms with van der Waals surface area (Å²) in [7, 11) is 1.11. The van der Waals surface area contributed by atoms with Crippen molar-refractivity contribution in [2.24, 2.45) is 4.99 Å². The summed E-state index contributed by atoms with van der Waals surface area (Å²) in [6.45, 7) is 0.600. The molecule has 0 aromatic heterocycles. The van der Waals surface area contributed by atoms with Gasteiger partial charge in [0, 0.05) is 43.5 Å². The fourth-order valence-corrected chi connectivity index (χ4v) is 5.21. The maximum absolute atomic E-state index is 15.4. The topological polar surface area (TPSA) is 57.6 Å². The molecule has 44 heavy (non-hydrogen) atoms. The summed E-state index contributed by atoms with van der Waals surface area (Å²) in [4.78, 5) is 21.4. The highest BCUT2D eigenvalue weighted by atomic mass is 19.4. The van der Waals surface area contributed by atoms with Crippen LogP contribution in [0.3, 0.4) is 0 Å². The number of para-hydroxylation sites is 1. The van der Waals surface area contributed by atoms with Gasteiger partial charge in [0.2, 0.25) is 5.96 Å². The zero-order valence-electron chi connectivity index (χ0n) is 22.9. The average molecular weight is 629 g/mol. The molecule has 1 atom stereocenters. The van der Waals surface area contributed by atoms with E-state index in [-0.39, 0.29) is 43.4 Å². The molecule has 1 unspecified atom stereocenters. The lowest BCUT2D eigenvalue weighted by Gasteiger charge is -2.45. The highest BCUT2D eigenvalue weighted by Gasteiger charge is 2.40. The van der Waals surface area contributed by atoms with Crippen LogP contribution in [0, 0.1) is 11.6 Å². The molecular formula is C29H24F8N4O3. The Morgan fingerprint density at radius 1 is 0.886 bits per heavy atom. The smallest absolute Gasteiger partial charge is 0.469 e. The number of ether oxygens (including phenoxy) is 2. The van der Waals surface area contributed by atoms with Gasteiger partial charge in [-0.05, 0) is 36.4 Å². The number of esters is 1. The number of hydrogen-bond acceptors (Lipinski definition) is 7. The van der Waals surface area contributed by atoms with Crippen molar-refractivity contribution in [3.8, 4) is 5.75 Å². The first kappa shape index (κ1) is 30.9. The van der Waals surface area contributed by atoms with Crippen molar-refractivity contribution in [3.05, 3.63) is 83.4 Å². The molecule has 5 rings (SSSR count). The molecule has 234 valence electrons. The number of anilines is 2. The summed E-state index contributed by atoms with van der Waals surface area (Å²) >= 11 is 0. The first-order chi connectivity index (χ1) is 20.7. The molecule has 2 heterocycles. The van der Waals surface area contributed by atoms with Gasteiger partial charge in [-0.15, -0.1) is 13.2 Å². The summed E-state index contributed by atoms with van der Waals surface area (Å²) in [6.07, 6.45) is -10.2. The second kappa shape index (κ2) is 11.8. The minimum atomic E-state index is -4.88. The molecule has 0 amide bonds. The number of benzene rings is 3. The Labute approximate surface area is 245 Å². The number of carbonyl (C=O) groups excluding carboxylic acids is 1. The van der Waals surface area contributed by atoms with E-state index in [0.29, 0.717) is 23.9 Å². The number of guanidine groups is 1. The van der Waals surface area contributed by atoms with Crippen LogP contribution in [0.15, 0.2) is 65.7 Å². The van der Waals surface area contributed by atoms with Crippen LogP contribution < -0.4 is 14.5 Å². The Kier molecular flexibility index (Phi) is 8.32. The summed E-state index contributed by atoms with van der Waals surface area (Å²) in [5, 5.41) is 0. The lowest BCUT2D eigenvalue weighted by Crippen LogP contribution is -2.55. The predicted octanol–water partition coefficient (Wildman–Crippen LogP) is 6.82. The van der Waals surface area contributed by atoms with Crippen LogP contribution in [0.5, 0.6) is 5.75 Å². The SMILES string of the molecule is COC(=O)CC1c2cccc(F)c2N=C(N2CCN(c3cccc(OC(F)(F)F)c3)CC2)N1c1cc(C(F)(F)F)ccc1F. The van der Waals surface area contributed by atoms with Crippen LogP contribution >= 0.6 is 0 Å². The van der Waals surface area contributed by atoms with Gasteiger partial charge in [-0.25, -0.2) is 13.8 Å². The Balaban J connectivity index is 1.54. The number of nitrogens with zero attached hydrogens (tertiary/aromatic N) is 4. The number of methoxy groups -OCH3 is 1. The fraction of sp³-hybridized carbons (Fsp3) is 0.310. The fourth-order valence-electron chi connectivity index (χ4n) is 5.21. The highest BCUT2D eigenvalue weighted by molar-refractivity contribution is 6.01. The average Bonchev–Trinajstić information content (AvgIpc) is 2.96. The van der Waals surface area contributed by atoms with Gasteiger partial charge in [0.15, 0.2) is 0 Å². The van der Waals surface area contributed by atoms with E-state index in [4.69, 9.17) is 4.74 Å². The molecule has 0 bridgehead atoms. The van der Waals surface area contributed by atoms with Gasteiger partial charge in [0.1, 0.15) is 23.1 Å². The summed E-state index contributed by atoms with van der Waals surface area (Å²) in [5.41, 5.74) is -1.31. The number of alkyl halides is 6. The van der Waals surface area contributed by atoms with Crippen LogP contribution in [0.4, 0.5) is 52.2 Å². The van der Waals surface area contributed by atoms with E-state index in [9.17, 15) is 31.1 Å². The maximum Gasteiger partial charge on any atom is 0.573 e. The van der Waals surface area contributed by atoms with E-state index < -0.39 is 59.6 Å². The molecule has 0 spiro atoms. The van der Waals surface area contributed by atoms with Gasteiger partial charge in [-0.1, -0.05) is 18.2 Å². The van der Waals surface area contributed by atoms with E-state index in [1.165, 1.54) is 24.3 Å². The van der Waals surface area contributed by atoms with Crippen LogP contribution in [0.1, 0.15) is 23.6 Å². The van der Waals surface area contributed by atoms with Crippen molar-refractivity contribution in [2.45, 2.75) is 25.0 Å². The van der Waals surface area contributed by atoms with E-state index in [0.717, 1.165) is 24.1 Å². The van der Waals surface area contributed by atoms with Gasteiger partial charge >= 0.3 is 18.5 Å². The molecule has 2 aliphatic rings. The zero-order chi connectivity index (χ0) is 31.8. The molecule has 15 heteroatoms. The summed E-state index contributed by atoms with van der Waals surface area (Å²) < 4.78 is 119. The van der Waals surface area contributed by atoms with Crippen molar-refractivity contribution in [2.75, 3.05) is 43.1 Å². The molecule has 0 N–H and O–H groups in total. The number of aliphatic imine (C=N–C) groups is 1. The zero-order valence-corrected chi connectivity index (χ0v) is 22.9. The Bertz CT molecular complexity index is 1570. The quantitative estimate of drug-likeness (QED) is 0.229. The van der Waals surface area contributed by atoms with Crippen molar-refractivity contribution in [3.63, 3.8) is 0 Å². The third-order valence-corrected chi connectivity index (χ3v) is 7.22. The van der Waals surface area contributed by atoms with Gasteiger partial charge in [0.05, 0.1) is 30.8 Å². The molecule has 0 aliphatic carbocycles. The third-order valence-electron chi connectivity index (χ3n) is 7.22. The largest absolute Gasteiger partial charge is 0.573 e. The molecule has 0 saturated carbocycles. The number of fused-ring (bicyclic) bond motifs is 1. The lowest BCUT2D eigenvalue weighted by molar-refractivity contribution is -0.274. The maximum atomic E-state index is 15.4.